The lowest BCUT2D eigenvalue weighted by atomic mass is 9.90. The minimum Gasteiger partial charge on any atom is -0.477 e. The second kappa shape index (κ2) is 12.1. The lowest BCUT2D eigenvalue weighted by Crippen LogP contribution is -2.37. The summed E-state index contributed by atoms with van der Waals surface area (Å²) in [4.78, 5) is 10.6. The average Bonchev–Trinajstić information content (AvgIpc) is 3.04. The van der Waals surface area contributed by atoms with E-state index >= 15 is 0 Å². The smallest absolute Gasteiger partial charge is 0.364 e. The molecule has 1 fully saturated rings. The van der Waals surface area contributed by atoms with Crippen molar-refractivity contribution in [1.82, 2.24) is 0 Å². The maximum absolute atomic E-state index is 13.5. The fourth-order valence-corrected chi connectivity index (χ4v) is 3.66. The highest BCUT2D eigenvalue weighted by Gasteiger charge is 2.31. The molecule has 1 aliphatic carbocycles. The number of hydrogen-bond acceptors (Lipinski definition) is 3. The number of carboxylic acids is 1. The van der Waals surface area contributed by atoms with Gasteiger partial charge in [0, 0.05) is 12.3 Å². The normalized spacial score (nSPS) is 21.9. The minimum atomic E-state index is -2.66. The van der Waals surface area contributed by atoms with Crippen molar-refractivity contribution in [2.24, 2.45) is 17.8 Å². The fraction of sp³-hybridized carbons (Fsp3) is 0.682. The van der Waals surface area contributed by atoms with Gasteiger partial charge in [0.05, 0.1) is 5.83 Å². The van der Waals surface area contributed by atoms with Gasteiger partial charge in [0.15, 0.2) is 0 Å². The maximum atomic E-state index is 13.5. The van der Waals surface area contributed by atoms with E-state index in [0.29, 0.717) is 24.7 Å². The Balaban J connectivity index is 2.41. The predicted molar refractivity (Wildman–Crippen MR) is 106 cm³/mol. The Kier molecular flexibility index (Phi) is 10.6. The Labute approximate surface area is 162 Å². The Morgan fingerprint density at radius 2 is 2.04 bits per heavy atom. The number of allylic oxidation sites excluding steroid dienone is 5. The fourth-order valence-electron chi connectivity index (χ4n) is 3.66. The largest absolute Gasteiger partial charge is 0.477 e. The number of hydrogen-bond donors (Lipinski definition) is 3. The van der Waals surface area contributed by atoms with Gasteiger partial charge < -0.3 is 15.3 Å². The van der Waals surface area contributed by atoms with Gasteiger partial charge in [0.1, 0.15) is 0 Å². The lowest BCUT2D eigenvalue weighted by molar-refractivity contribution is -0.205. The van der Waals surface area contributed by atoms with Crippen molar-refractivity contribution in [3.05, 3.63) is 36.7 Å². The zero-order chi connectivity index (χ0) is 20.3. The molecule has 0 radical (unpaired) electrons. The molecular formula is C22H35FO4. The highest BCUT2D eigenvalue weighted by molar-refractivity contribution is 5.74. The van der Waals surface area contributed by atoms with Crippen LogP contribution in [-0.4, -0.2) is 27.1 Å². The van der Waals surface area contributed by atoms with Gasteiger partial charge in [-0.05, 0) is 50.4 Å². The van der Waals surface area contributed by atoms with Gasteiger partial charge in [0.2, 0.25) is 0 Å². The van der Waals surface area contributed by atoms with E-state index in [1.807, 2.05) is 12.2 Å². The van der Waals surface area contributed by atoms with E-state index in [1.54, 1.807) is 0 Å². The van der Waals surface area contributed by atoms with E-state index in [0.717, 1.165) is 38.5 Å². The standard InChI is InChI=1S/C22H35FO4/c1-3-4-10-18(17(2)23)12-8-13-20-15-9-14-19(20)11-6-5-7-16-22(26,27)21(24)25/h5-6,8,13,18-20,26-27H,2-4,7,9-12,14-16H2,1H3,(H,24,25)/t18-,19+,20+/m1/s1. The molecule has 0 aromatic rings. The second-order valence-electron chi connectivity index (χ2n) is 7.67. The molecule has 5 heteroatoms. The summed E-state index contributed by atoms with van der Waals surface area (Å²) < 4.78 is 13.5. The first-order valence-electron chi connectivity index (χ1n) is 10.1. The molecule has 0 aliphatic heterocycles. The van der Waals surface area contributed by atoms with Crippen molar-refractivity contribution in [2.45, 2.75) is 76.9 Å². The van der Waals surface area contributed by atoms with Crippen molar-refractivity contribution >= 4 is 5.97 Å². The van der Waals surface area contributed by atoms with Crippen LogP contribution in [0.2, 0.25) is 0 Å². The molecule has 3 atom stereocenters. The second-order valence-corrected chi connectivity index (χ2v) is 7.67. The number of rotatable bonds is 13. The van der Waals surface area contributed by atoms with Crippen molar-refractivity contribution in [3.63, 3.8) is 0 Å². The molecule has 0 amide bonds. The van der Waals surface area contributed by atoms with Gasteiger partial charge >= 0.3 is 5.97 Å². The first-order valence-corrected chi connectivity index (χ1v) is 10.1. The molecule has 1 rings (SSSR count). The lowest BCUT2D eigenvalue weighted by Gasteiger charge is -2.16. The number of carbonyl (C=O) groups is 1. The van der Waals surface area contributed by atoms with Crippen molar-refractivity contribution in [3.8, 4) is 0 Å². The molecule has 4 nitrogen and oxygen atoms in total. The van der Waals surface area contributed by atoms with Gasteiger partial charge in [-0.1, -0.05) is 57.1 Å². The molecular weight excluding hydrogens is 347 g/mol. The molecule has 0 bridgehead atoms. The number of carboxylic acid groups (broad SMARTS) is 1. The van der Waals surface area contributed by atoms with E-state index in [2.05, 4.69) is 25.7 Å². The third-order valence-electron chi connectivity index (χ3n) is 5.48. The molecule has 154 valence electrons. The molecule has 0 aromatic carbocycles. The maximum Gasteiger partial charge on any atom is 0.364 e. The Morgan fingerprint density at radius 1 is 1.30 bits per heavy atom. The van der Waals surface area contributed by atoms with Gasteiger partial charge in [0.25, 0.3) is 5.79 Å². The Bertz CT molecular complexity index is 524. The van der Waals surface area contributed by atoms with Crippen LogP contribution in [0.15, 0.2) is 36.7 Å². The van der Waals surface area contributed by atoms with Crippen LogP contribution in [0.5, 0.6) is 0 Å². The molecule has 0 saturated heterocycles. The molecule has 0 spiro atoms. The molecule has 1 aliphatic rings. The zero-order valence-corrected chi connectivity index (χ0v) is 16.4. The number of unbranched alkanes of at least 4 members (excludes halogenated alkanes) is 1. The molecule has 3 N–H and O–H groups in total. The summed E-state index contributed by atoms with van der Waals surface area (Å²) in [5, 5.41) is 27.2. The van der Waals surface area contributed by atoms with Crippen LogP contribution >= 0.6 is 0 Å². The third-order valence-corrected chi connectivity index (χ3v) is 5.48. The van der Waals surface area contributed by atoms with E-state index < -0.39 is 11.8 Å². The first kappa shape index (κ1) is 23.6. The minimum absolute atomic E-state index is 0.0765. The monoisotopic (exact) mass is 382 g/mol. The van der Waals surface area contributed by atoms with E-state index in [4.69, 9.17) is 5.11 Å². The predicted octanol–water partition coefficient (Wildman–Crippen LogP) is 5.13. The van der Waals surface area contributed by atoms with Crippen LogP contribution in [0.1, 0.15) is 71.1 Å². The van der Waals surface area contributed by atoms with E-state index in [1.165, 1.54) is 6.42 Å². The topological polar surface area (TPSA) is 77.8 Å². The van der Waals surface area contributed by atoms with Crippen molar-refractivity contribution < 1.29 is 24.5 Å². The highest BCUT2D eigenvalue weighted by Crippen LogP contribution is 2.36. The van der Waals surface area contributed by atoms with Gasteiger partial charge in [-0.25, -0.2) is 9.18 Å². The summed E-state index contributed by atoms with van der Waals surface area (Å²) in [7, 11) is 0. The number of aliphatic carboxylic acids is 1. The summed E-state index contributed by atoms with van der Waals surface area (Å²) in [5.41, 5.74) is 0. The molecule has 1 saturated carbocycles. The summed E-state index contributed by atoms with van der Waals surface area (Å²) in [6, 6.07) is 0. The van der Waals surface area contributed by atoms with Crippen LogP contribution in [0.4, 0.5) is 4.39 Å². The zero-order valence-electron chi connectivity index (χ0n) is 16.4. The molecule has 0 aromatic heterocycles. The van der Waals surface area contributed by atoms with Crippen LogP contribution in [0.25, 0.3) is 0 Å². The van der Waals surface area contributed by atoms with Crippen LogP contribution in [-0.2, 0) is 4.79 Å². The number of aliphatic hydroxyl groups is 2. The van der Waals surface area contributed by atoms with Crippen LogP contribution in [0, 0.1) is 17.8 Å². The van der Waals surface area contributed by atoms with Crippen molar-refractivity contribution in [2.75, 3.05) is 0 Å². The Hall–Kier alpha value is -1.46. The first-order chi connectivity index (χ1) is 12.8. The third kappa shape index (κ3) is 8.85. The summed E-state index contributed by atoms with van der Waals surface area (Å²) in [6.07, 6.45) is 16.2. The van der Waals surface area contributed by atoms with Crippen LogP contribution < -0.4 is 0 Å². The van der Waals surface area contributed by atoms with Gasteiger partial charge in [-0.3, -0.25) is 0 Å². The summed E-state index contributed by atoms with van der Waals surface area (Å²) >= 11 is 0. The van der Waals surface area contributed by atoms with E-state index in [-0.39, 0.29) is 18.2 Å². The highest BCUT2D eigenvalue weighted by atomic mass is 19.1. The average molecular weight is 383 g/mol. The number of halogens is 1. The quantitative estimate of drug-likeness (QED) is 0.305. The SMILES string of the molecule is C=C(F)[C@@H](CC=C[C@H]1CCC[C@@H]1CC=CCCC(O)(O)C(=O)O)CCCC. The summed E-state index contributed by atoms with van der Waals surface area (Å²) in [6.45, 7) is 5.58. The van der Waals surface area contributed by atoms with Crippen molar-refractivity contribution in [1.29, 1.82) is 0 Å². The van der Waals surface area contributed by atoms with Gasteiger partial charge in [-0.15, -0.1) is 0 Å². The van der Waals surface area contributed by atoms with Gasteiger partial charge in [-0.2, -0.15) is 0 Å². The summed E-state index contributed by atoms with van der Waals surface area (Å²) in [5.74, 6) is -3.55. The van der Waals surface area contributed by atoms with Crippen LogP contribution in [0.3, 0.4) is 0 Å². The molecule has 0 heterocycles. The van der Waals surface area contributed by atoms with E-state index in [9.17, 15) is 19.4 Å². The Morgan fingerprint density at radius 3 is 2.67 bits per heavy atom. The molecule has 27 heavy (non-hydrogen) atoms. The molecule has 0 unspecified atom stereocenters.